The monoisotopic (exact) mass is 368 g/mol. The third-order valence-electron chi connectivity index (χ3n) is 3.71. The van der Waals surface area contributed by atoms with Crippen LogP contribution in [0.3, 0.4) is 0 Å². The molecule has 9 heteroatoms. The molecule has 1 atom stereocenters. The molecule has 1 aromatic heterocycles. The summed E-state index contributed by atoms with van der Waals surface area (Å²) < 4.78 is 43.4. The zero-order valence-corrected chi connectivity index (χ0v) is 13.7. The molecule has 2 rings (SSSR count). The van der Waals surface area contributed by atoms with Crippen LogP contribution in [-0.4, -0.2) is 22.5 Å². The fraction of sp³-hybridized carbons (Fsp3) is 0.294. The summed E-state index contributed by atoms with van der Waals surface area (Å²) in [6.07, 6.45) is -1.97. The van der Waals surface area contributed by atoms with Crippen molar-refractivity contribution in [2.75, 3.05) is 6.61 Å². The summed E-state index contributed by atoms with van der Waals surface area (Å²) in [4.78, 5) is 26.4. The van der Waals surface area contributed by atoms with Crippen LogP contribution in [0.15, 0.2) is 42.7 Å². The summed E-state index contributed by atoms with van der Waals surface area (Å²) in [5.74, 6) is -1.51. The zero-order chi connectivity index (χ0) is 19.3. The molecule has 6 nitrogen and oxygen atoms in total. The number of nitro groups is 1. The Morgan fingerprint density at radius 3 is 2.46 bits per heavy atom. The first-order valence-corrected chi connectivity index (χ1v) is 7.65. The Balaban J connectivity index is 2.44. The molecule has 0 fully saturated rings. The molecular formula is C17H15F3N2O4. The maximum absolute atomic E-state index is 12.8. The highest BCUT2D eigenvalue weighted by Gasteiger charge is 2.34. The van der Waals surface area contributed by atoms with Gasteiger partial charge in [0.05, 0.1) is 23.0 Å². The van der Waals surface area contributed by atoms with E-state index in [-0.39, 0.29) is 18.6 Å². The molecule has 0 aliphatic rings. The van der Waals surface area contributed by atoms with E-state index < -0.39 is 34.2 Å². The highest BCUT2D eigenvalue weighted by molar-refractivity contribution is 5.78. The van der Waals surface area contributed by atoms with Gasteiger partial charge in [-0.25, -0.2) is 0 Å². The SMILES string of the molecule is CCOC(=O)C(Cc1ccc(C(F)(F)F)cc1[N+](=O)[O-])c1ccncc1. The maximum atomic E-state index is 12.8. The van der Waals surface area contributed by atoms with E-state index in [0.29, 0.717) is 11.6 Å². The van der Waals surface area contributed by atoms with Crippen molar-refractivity contribution in [3.8, 4) is 0 Å². The molecule has 0 spiro atoms. The Labute approximate surface area is 146 Å². The van der Waals surface area contributed by atoms with E-state index in [1.807, 2.05) is 0 Å². The fourth-order valence-electron chi connectivity index (χ4n) is 2.48. The molecule has 0 saturated heterocycles. The summed E-state index contributed by atoms with van der Waals surface area (Å²) in [6.45, 7) is 1.72. The largest absolute Gasteiger partial charge is 0.466 e. The van der Waals surface area contributed by atoms with Gasteiger partial charge < -0.3 is 4.74 Å². The van der Waals surface area contributed by atoms with Crippen molar-refractivity contribution in [1.82, 2.24) is 4.98 Å². The van der Waals surface area contributed by atoms with E-state index >= 15 is 0 Å². The number of nitrogens with zero attached hydrogens (tertiary/aromatic N) is 2. The molecule has 138 valence electrons. The van der Waals surface area contributed by atoms with Gasteiger partial charge in [-0.15, -0.1) is 0 Å². The molecule has 0 N–H and O–H groups in total. The zero-order valence-electron chi connectivity index (χ0n) is 13.7. The molecular weight excluding hydrogens is 353 g/mol. The van der Waals surface area contributed by atoms with Gasteiger partial charge in [0, 0.05) is 24.0 Å². The van der Waals surface area contributed by atoms with E-state index in [9.17, 15) is 28.1 Å². The highest BCUT2D eigenvalue weighted by atomic mass is 19.4. The van der Waals surface area contributed by atoms with Crippen LogP contribution >= 0.6 is 0 Å². The molecule has 0 aliphatic carbocycles. The van der Waals surface area contributed by atoms with Crippen LogP contribution in [0.4, 0.5) is 18.9 Å². The fourth-order valence-corrected chi connectivity index (χ4v) is 2.48. The van der Waals surface area contributed by atoms with Crippen LogP contribution in [-0.2, 0) is 22.1 Å². The van der Waals surface area contributed by atoms with Crippen molar-refractivity contribution in [1.29, 1.82) is 0 Å². The predicted octanol–water partition coefficient (Wildman–Crippen LogP) is 3.90. The molecule has 2 aromatic rings. The topological polar surface area (TPSA) is 82.3 Å². The minimum Gasteiger partial charge on any atom is -0.466 e. The number of nitro benzene ring substituents is 1. The number of ether oxygens (including phenoxy) is 1. The third kappa shape index (κ3) is 4.56. The van der Waals surface area contributed by atoms with Crippen molar-refractivity contribution in [3.05, 3.63) is 69.5 Å². The van der Waals surface area contributed by atoms with E-state index in [4.69, 9.17) is 4.74 Å². The quantitative estimate of drug-likeness (QED) is 0.439. The second-order valence-corrected chi connectivity index (χ2v) is 5.39. The Bertz CT molecular complexity index is 794. The van der Waals surface area contributed by atoms with Crippen LogP contribution in [0, 0.1) is 10.1 Å². The summed E-state index contributed by atoms with van der Waals surface area (Å²) in [5.41, 5.74) is -1.29. The molecule has 0 radical (unpaired) electrons. The van der Waals surface area contributed by atoms with Crippen molar-refractivity contribution in [3.63, 3.8) is 0 Å². The van der Waals surface area contributed by atoms with Crippen LogP contribution < -0.4 is 0 Å². The Kier molecular flexibility index (Phi) is 5.91. The number of hydrogen-bond acceptors (Lipinski definition) is 5. The van der Waals surface area contributed by atoms with Gasteiger partial charge in [0.2, 0.25) is 0 Å². The van der Waals surface area contributed by atoms with Gasteiger partial charge in [-0.3, -0.25) is 19.9 Å². The lowest BCUT2D eigenvalue weighted by molar-refractivity contribution is -0.385. The Morgan fingerprint density at radius 2 is 1.92 bits per heavy atom. The van der Waals surface area contributed by atoms with Gasteiger partial charge in [0.15, 0.2) is 0 Å². The lowest BCUT2D eigenvalue weighted by Gasteiger charge is -2.16. The number of carbonyl (C=O) groups is 1. The van der Waals surface area contributed by atoms with Gasteiger partial charge in [-0.05, 0) is 37.1 Å². The standard InChI is InChI=1S/C17H15F3N2O4/c1-2-26-16(23)14(11-5-7-21-8-6-11)9-12-3-4-13(17(18,19)20)10-15(12)22(24)25/h3-8,10,14H,2,9H2,1H3. The molecule has 1 unspecified atom stereocenters. The maximum Gasteiger partial charge on any atom is 0.416 e. The van der Waals surface area contributed by atoms with E-state index in [1.54, 1.807) is 19.1 Å². The molecule has 26 heavy (non-hydrogen) atoms. The molecule has 1 heterocycles. The highest BCUT2D eigenvalue weighted by Crippen LogP contribution is 2.35. The second kappa shape index (κ2) is 7.94. The average molecular weight is 368 g/mol. The average Bonchev–Trinajstić information content (AvgIpc) is 2.59. The van der Waals surface area contributed by atoms with Gasteiger partial charge >= 0.3 is 12.1 Å². The van der Waals surface area contributed by atoms with Gasteiger partial charge in [-0.1, -0.05) is 6.07 Å². The van der Waals surface area contributed by atoms with E-state index in [0.717, 1.165) is 12.1 Å². The first kappa shape index (κ1) is 19.4. The number of hydrogen-bond donors (Lipinski definition) is 0. The van der Waals surface area contributed by atoms with E-state index in [1.165, 1.54) is 12.4 Å². The molecule has 0 amide bonds. The summed E-state index contributed by atoms with van der Waals surface area (Å²) in [6, 6.07) is 5.37. The first-order valence-electron chi connectivity index (χ1n) is 7.65. The van der Waals surface area contributed by atoms with Crippen molar-refractivity contribution >= 4 is 11.7 Å². The number of halogens is 3. The number of esters is 1. The lowest BCUT2D eigenvalue weighted by atomic mass is 9.91. The Hall–Kier alpha value is -2.97. The van der Waals surface area contributed by atoms with Gasteiger partial charge in [-0.2, -0.15) is 13.2 Å². The number of benzene rings is 1. The number of alkyl halides is 3. The minimum atomic E-state index is -4.70. The smallest absolute Gasteiger partial charge is 0.416 e. The molecule has 0 bridgehead atoms. The van der Waals surface area contributed by atoms with Gasteiger partial charge in [0.1, 0.15) is 0 Å². The van der Waals surface area contributed by atoms with Crippen molar-refractivity contribution in [2.24, 2.45) is 0 Å². The number of carbonyl (C=O) groups excluding carboxylic acids is 1. The number of rotatable bonds is 6. The number of aromatic nitrogens is 1. The first-order chi connectivity index (χ1) is 12.2. The lowest BCUT2D eigenvalue weighted by Crippen LogP contribution is -2.19. The Morgan fingerprint density at radius 1 is 1.27 bits per heavy atom. The van der Waals surface area contributed by atoms with Crippen molar-refractivity contribution < 1.29 is 27.6 Å². The normalized spacial score (nSPS) is 12.5. The van der Waals surface area contributed by atoms with Crippen LogP contribution in [0.5, 0.6) is 0 Å². The van der Waals surface area contributed by atoms with Crippen LogP contribution in [0.25, 0.3) is 0 Å². The molecule has 1 aromatic carbocycles. The summed E-state index contributed by atoms with van der Waals surface area (Å²) in [7, 11) is 0. The van der Waals surface area contributed by atoms with Crippen LogP contribution in [0.2, 0.25) is 0 Å². The summed E-state index contributed by atoms with van der Waals surface area (Å²) in [5, 5.41) is 11.2. The van der Waals surface area contributed by atoms with Crippen molar-refractivity contribution in [2.45, 2.75) is 25.4 Å². The predicted molar refractivity (Wildman–Crippen MR) is 85.4 cm³/mol. The molecule has 0 saturated carbocycles. The number of pyridine rings is 1. The van der Waals surface area contributed by atoms with Crippen LogP contribution in [0.1, 0.15) is 29.5 Å². The second-order valence-electron chi connectivity index (χ2n) is 5.39. The minimum absolute atomic E-state index is 0.0119. The molecule has 0 aliphatic heterocycles. The van der Waals surface area contributed by atoms with E-state index in [2.05, 4.69) is 4.98 Å². The third-order valence-corrected chi connectivity index (χ3v) is 3.71. The van der Waals surface area contributed by atoms with Gasteiger partial charge in [0.25, 0.3) is 5.69 Å². The summed E-state index contributed by atoms with van der Waals surface area (Å²) >= 11 is 0.